The molecule has 0 spiro atoms. The minimum absolute atomic E-state index is 0.591. The molecule has 2 aromatic rings. The van der Waals surface area contributed by atoms with Crippen LogP contribution in [0.4, 0.5) is 5.69 Å². The van der Waals surface area contributed by atoms with Crippen molar-refractivity contribution in [2.75, 3.05) is 25.0 Å². The Hall–Kier alpha value is -1.39. The maximum atomic E-state index is 4.48. The number of hydrogen-bond donors (Lipinski definition) is 2. The molecule has 4 heteroatoms. The van der Waals surface area contributed by atoms with E-state index in [9.17, 15) is 0 Å². The standard InChI is InChI=1S/C15H19N3S/c1-11-18-13(10-19-11)6-7-16-8-12-9-17-15-5-3-2-4-14(12)15/h2-5,10,12,16-17H,6-9H2,1H3. The number of aryl methyl sites for hydroxylation is 1. The van der Waals surface area contributed by atoms with Crippen molar-refractivity contribution in [2.45, 2.75) is 19.3 Å². The van der Waals surface area contributed by atoms with Gasteiger partial charge in [-0.2, -0.15) is 0 Å². The Bertz CT molecular complexity index is 550. The summed E-state index contributed by atoms with van der Waals surface area (Å²) in [4.78, 5) is 4.48. The lowest BCUT2D eigenvalue weighted by atomic mass is 10.0. The minimum Gasteiger partial charge on any atom is -0.384 e. The van der Waals surface area contributed by atoms with Gasteiger partial charge in [0.1, 0.15) is 0 Å². The van der Waals surface area contributed by atoms with E-state index in [-0.39, 0.29) is 0 Å². The number of nitrogens with one attached hydrogen (secondary N) is 2. The first-order chi connectivity index (χ1) is 9.33. The molecule has 0 saturated carbocycles. The van der Waals surface area contributed by atoms with Crippen LogP contribution in [0.25, 0.3) is 0 Å². The quantitative estimate of drug-likeness (QED) is 0.823. The topological polar surface area (TPSA) is 37.0 Å². The first-order valence-corrected chi connectivity index (χ1v) is 7.65. The highest BCUT2D eigenvalue weighted by Gasteiger charge is 2.20. The number of aromatic nitrogens is 1. The third kappa shape index (κ3) is 2.96. The molecule has 3 nitrogen and oxygen atoms in total. The molecule has 0 bridgehead atoms. The van der Waals surface area contributed by atoms with E-state index >= 15 is 0 Å². The summed E-state index contributed by atoms with van der Waals surface area (Å²) in [5.41, 5.74) is 3.95. The normalized spacial score (nSPS) is 17.2. The monoisotopic (exact) mass is 273 g/mol. The molecule has 1 aliphatic heterocycles. The molecule has 2 N–H and O–H groups in total. The van der Waals surface area contributed by atoms with Crippen LogP contribution in [0.5, 0.6) is 0 Å². The fraction of sp³-hybridized carbons (Fsp3) is 0.400. The molecule has 0 aliphatic carbocycles. The van der Waals surface area contributed by atoms with Gasteiger partial charge in [0.15, 0.2) is 0 Å². The van der Waals surface area contributed by atoms with E-state index in [2.05, 4.69) is 52.2 Å². The fourth-order valence-corrected chi connectivity index (χ4v) is 3.20. The SMILES string of the molecule is Cc1nc(CCNCC2CNc3ccccc32)cs1. The van der Waals surface area contributed by atoms with Crippen LogP contribution >= 0.6 is 11.3 Å². The van der Waals surface area contributed by atoms with Crippen molar-refractivity contribution in [2.24, 2.45) is 0 Å². The molecule has 0 amide bonds. The molecule has 3 rings (SSSR count). The van der Waals surface area contributed by atoms with Gasteiger partial charge in [0.2, 0.25) is 0 Å². The Balaban J connectivity index is 1.46. The molecular weight excluding hydrogens is 254 g/mol. The molecule has 1 unspecified atom stereocenters. The number of para-hydroxylation sites is 1. The van der Waals surface area contributed by atoms with Gasteiger partial charge in [-0.1, -0.05) is 18.2 Å². The number of anilines is 1. The molecule has 1 aromatic heterocycles. The highest BCUT2D eigenvalue weighted by atomic mass is 32.1. The number of rotatable bonds is 5. The largest absolute Gasteiger partial charge is 0.384 e. The summed E-state index contributed by atoms with van der Waals surface area (Å²) in [6, 6.07) is 8.60. The van der Waals surface area contributed by atoms with Crippen molar-refractivity contribution in [3.8, 4) is 0 Å². The fourth-order valence-electron chi connectivity index (χ4n) is 2.56. The molecule has 2 heterocycles. The zero-order valence-electron chi connectivity index (χ0n) is 11.1. The predicted molar refractivity (Wildman–Crippen MR) is 81.1 cm³/mol. The van der Waals surface area contributed by atoms with Crippen LogP contribution in [0.1, 0.15) is 22.2 Å². The summed E-state index contributed by atoms with van der Waals surface area (Å²) >= 11 is 1.73. The molecule has 1 aromatic carbocycles. The van der Waals surface area contributed by atoms with Gasteiger partial charge in [0.25, 0.3) is 0 Å². The van der Waals surface area contributed by atoms with Crippen molar-refractivity contribution in [3.63, 3.8) is 0 Å². The number of nitrogens with zero attached hydrogens (tertiary/aromatic N) is 1. The lowest BCUT2D eigenvalue weighted by molar-refractivity contribution is 0.611. The average Bonchev–Trinajstić information content (AvgIpc) is 3.02. The zero-order valence-corrected chi connectivity index (χ0v) is 12.0. The Kier molecular flexibility index (Phi) is 3.80. The molecule has 1 aliphatic rings. The number of thiazole rings is 1. The summed E-state index contributed by atoms with van der Waals surface area (Å²) in [5.74, 6) is 0.591. The Morgan fingerprint density at radius 3 is 3.16 bits per heavy atom. The van der Waals surface area contributed by atoms with E-state index < -0.39 is 0 Å². The Labute approximate surface area is 118 Å². The van der Waals surface area contributed by atoms with Gasteiger partial charge in [0.05, 0.1) is 10.7 Å². The highest BCUT2D eigenvalue weighted by molar-refractivity contribution is 7.09. The lowest BCUT2D eigenvalue weighted by Gasteiger charge is -2.11. The molecule has 0 radical (unpaired) electrons. The second kappa shape index (κ2) is 5.72. The molecule has 0 fully saturated rings. The first kappa shape index (κ1) is 12.6. The minimum atomic E-state index is 0.591. The van der Waals surface area contributed by atoms with E-state index in [0.29, 0.717) is 5.92 Å². The summed E-state index contributed by atoms with van der Waals surface area (Å²) in [5, 5.41) is 10.3. The van der Waals surface area contributed by atoms with Gasteiger partial charge in [-0.15, -0.1) is 11.3 Å². The van der Waals surface area contributed by atoms with Crippen LogP contribution in [-0.4, -0.2) is 24.6 Å². The van der Waals surface area contributed by atoms with Crippen molar-refractivity contribution in [3.05, 3.63) is 45.9 Å². The highest BCUT2D eigenvalue weighted by Crippen LogP contribution is 2.30. The third-order valence-electron chi connectivity index (χ3n) is 3.55. The van der Waals surface area contributed by atoms with E-state index in [4.69, 9.17) is 0 Å². The predicted octanol–water partition coefficient (Wildman–Crippen LogP) is 2.79. The second-order valence-corrected chi connectivity index (χ2v) is 6.04. The van der Waals surface area contributed by atoms with Gasteiger partial charge in [-0.3, -0.25) is 0 Å². The summed E-state index contributed by atoms with van der Waals surface area (Å²) < 4.78 is 0. The molecule has 19 heavy (non-hydrogen) atoms. The summed E-state index contributed by atoms with van der Waals surface area (Å²) in [6.45, 7) is 5.14. The molecule has 100 valence electrons. The maximum Gasteiger partial charge on any atom is 0.0897 e. The third-order valence-corrected chi connectivity index (χ3v) is 4.38. The lowest BCUT2D eigenvalue weighted by Crippen LogP contribution is -2.24. The van der Waals surface area contributed by atoms with Crippen LogP contribution in [-0.2, 0) is 6.42 Å². The van der Waals surface area contributed by atoms with E-state index in [1.807, 2.05) is 0 Å². The first-order valence-electron chi connectivity index (χ1n) is 6.77. The molecule has 1 atom stereocenters. The van der Waals surface area contributed by atoms with Gasteiger partial charge < -0.3 is 10.6 Å². The molecule has 0 saturated heterocycles. The smallest absolute Gasteiger partial charge is 0.0897 e. The van der Waals surface area contributed by atoms with Crippen LogP contribution < -0.4 is 10.6 Å². The van der Waals surface area contributed by atoms with Crippen molar-refractivity contribution >= 4 is 17.0 Å². The summed E-state index contributed by atoms with van der Waals surface area (Å²) in [7, 11) is 0. The van der Waals surface area contributed by atoms with Crippen molar-refractivity contribution < 1.29 is 0 Å². The number of fused-ring (bicyclic) bond motifs is 1. The molecular formula is C15H19N3S. The van der Waals surface area contributed by atoms with E-state index in [1.165, 1.54) is 16.9 Å². The van der Waals surface area contributed by atoms with Gasteiger partial charge in [-0.05, 0) is 18.6 Å². The number of benzene rings is 1. The van der Waals surface area contributed by atoms with Crippen molar-refractivity contribution in [1.82, 2.24) is 10.3 Å². The Morgan fingerprint density at radius 2 is 2.32 bits per heavy atom. The van der Waals surface area contributed by atoms with Gasteiger partial charge in [0, 0.05) is 43.0 Å². The Morgan fingerprint density at radius 1 is 1.42 bits per heavy atom. The van der Waals surface area contributed by atoms with Crippen LogP contribution in [0.2, 0.25) is 0 Å². The van der Waals surface area contributed by atoms with Crippen LogP contribution in [0.3, 0.4) is 0 Å². The maximum absolute atomic E-state index is 4.48. The van der Waals surface area contributed by atoms with Crippen LogP contribution in [0, 0.1) is 6.92 Å². The second-order valence-electron chi connectivity index (χ2n) is 4.98. The van der Waals surface area contributed by atoms with Crippen molar-refractivity contribution in [1.29, 1.82) is 0 Å². The van der Waals surface area contributed by atoms with Gasteiger partial charge >= 0.3 is 0 Å². The van der Waals surface area contributed by atoms with Gasteiger partial charge in [-0.25, -0.2) is 4.98 Å². The zero-order chi connectivity index (χ0) is 13.1. The van der Waals surface area contributed by atoms with E-state index in [0.717, 1.165) is 31.1 Å². The number of hydrogen-bond acceptors (Lipinski definition) is 4. The van der Waals surface area contributed by atoms with Crippen LogP contribution in [0.15, 0.2) is 29.6 Å². The van der Waals surface area contributed by atoms with E-state index in [1.54, 1.807) is 11.3 Å². The summed E-state index contributed by atoms with van der Waals surface area (Å²) in [6.07, 6.45) is 1.02. The average molecular weight is 273 g/mol.